The fourth-order valence-corrected chi connectivity index (χ4v) is 2.46. The molecule has 0 saturated heterocycles. The molecule has 1 aromatic heterocycles. The number of aromatic nitrogens is 2. The summed E-state index contributed by atoms with van der Waals surface area (Å²) in [5.74, 6) is 0.0177. The average Bonchev–Trinajstić information content (AvgIpc) is 2.37. The predicted molar refractivity (Wildman–Crippen MR) is 77.9 cm³/mol. The molecule has 6 heteroatoms. The first-order valence-corrected chi connectivity index (χ1v) is 7.09. The molecular weight excluding hydrogens is 274 g/mol. The third kappa shape index (κ3) is 2.40. The van der Waals surface area contributed by atoms with E-state index >= 15 is 0 Å². The minimum Gasteiger partial charge on any atom is -0.507 e. The Morgan fingerprint density at radius 1 is 1.40 bits per heavy atom. The summed E-state index contributed by atoms with van der Waals surface area (Å²) < 4.78 is 0. The standard InChI is InChI=1S/C14H13N3O2S/c1-7-4-8(2)11(10(18)5-7)12-9(6-15)13(19)17-14(16-12)20-3/h4-5,18H,1-3H3,(H,16,17,19). The maximum absolute atomic E-state index is 11.9. The van der Waals surface area contributed by atoms with E-state index in [4.69, 9.17) is 5.26 Å². The van der Waals surface area contributed by atoms with Gasteiger partial charge in [0.15, 0.2) is 5.16 Å². The molecule has 0 fully saturated rings. The molecule has 0 bridgehead atoms. The van der Waals surface area contributed by atoms with E-state index in [9.17, 15) is 9.90 Å². The number of H-pyrrole nitrogens is 1. The fourth-order valence-electron chi connectivity index (χ4n) is 2.09. The van der Waals surface area contributed by atoms with Crippen LogP contribution >= 0.6 is 11.8 Å². The number of aryl methyl sites for hydroxylation is 2. The number of hydrogen-bond donors (Lipinski definition) is 2. The topological polar surface area (TPSA) is 89.8 Å². The van der Waals surface area contributed by atoms with Crippen molar-refractivity contribution in [2.45, 2.75) is 19.0 Å². The smallest absolute Gasteiger partial charge is 0.270 e. The van der Waals surface area contributed by atoms with Crippen molar-refractivity contribution in [1.29, 1.82) is 5.26 Å². The van der Waals surface area contributed by atoms with Crippen molar-refractivity contribution in [2.75, 3.05) is 6.26 Å². The van der Waals surface area contributed by atoms with E-state index in [1.165, 1.54) is 11.8 Å². The van der Waals surface area contributed by atoms with Crippen LogP contribution < -0.4 is 5.56 Å². The molecule has 0 amide bonds. The molecule has 1 heterocycles. The van der Waals surface area contributed by atoms with Gasteiger partial charge in [-0.2, -0.15) is 5.26 Å². The van der Waals surface area contributed by atoms with Gasteiger partial charge in [0.2, 0.25) is 0 Å². The summed E-state index contributed by atoms with van der Waals surface area (Å²) in [5.41, 5.74) is 1.72. The van der Waals surface area contributed by atoms with E-state index < -0.39 is 5.56 Å². The van der Waals surface area contributed by atoms with Crippen LogP contribution in [0.1, 0.15) is 16.7 Å². The Hall–Kier alpha value is -2.26. The SMILES string of the molecule is CSc1nc(-c2c(C)cc(C)cc2O)c(C#N)c(=O)[nH]1. The zero-order valence-electron chi connectivity index (χ0n) is 11.3. The average molecular weight is 287 g/mol. The van der Waals surface area contributed by atoms with Crippen molar-refractivity contribution in [3.63, 3.8) is 0 Å². The van der Waals surface area contributed by atoms with Gasteiger partial charge in [0.05, 0.1) is 0 Å². The molecular formula is C14H13N3O2S. The number of phenolic OH excluding ortho intramolecular Hbond substituents is 1. The van der Waals surface area contributed by atoms with Crippen LogP contribution in [0, 0.1) is 25.2 Å². The van der Waals surface area contributed by atoms with Gasteiger partial charge in [0.25, 0.3) is 5.56 Å². The predicted octanol–water partition coefficient (Wildman–Crippen LogP) is 2.35. The van der Waals surface area contributed by atoms with Crippen molar-refractivity contribution >= 4 is 11.8 Å². The van der Waals surface area contributed by atoms with E-state index in [2.05, 4.69) is 9.97 Å². The molecule has 0 saturated carbocycles. The maximum Gasteiger partial charge on any atom is 0.270 e. The molecule has 0 aliphatic heterocycles. The molecule has 102 valence electrons. The summed E-state index contributed by atoms with van der Waals surface area (Å²) in [5, 5.41) is 19.7. The molecule has 0 atom stereocenters. The highest BCUT2D eigenvalue weighted by Gasteiger charge is 2.18. The first-order chi connectivity index (χ1) is 9.47. The summed E-state index contributed by atoms with van der Waals surface area (Å²) in [6, 6.07) is 5.32. The molecule has 2 rings (SSSR count). The first-order valence-electron chi connectivity index (χ1n) is 5.87. The molecule has 20 heavy (non-hydrogen) atoms. The lowest BCUT2D eigenvalue weighted by atomic mass is 9.99. The first kappa shape index (κ1) is 14.2. The van der Waals surface area contributed by atoms with Gasteiger partial charge in [0.1, 0.15) is 23.1 Å². The molecule has 0 aliphatic rings. The molecule has 2 N–H and O–H groups in total. The lowest BCUT2D eigenvalue weighted by Crippen LogP contribution is -2.15. The zero-order chi connectivity index (χ0) is 14.9. The number of phenols is 1. The second-order valence-corrected chi connectivity index (χ2v) is 5.18. The van der Waals surface area contributed by atoms with Crippen LogP contribution in [0.4, 0.5) is 0 Å². The van der Waals surface area contributed by atoms with Crippen LogP contribution in [0.5, 0.6) is 5.75 Å². The Bertz CT molecular complexity index is 752. The second-order valence-electron chi connectivity index (χ2n) is 4.39. The molecule has 0 spiro atoms. The summed E-state index contributed by atoms with van der Waals surface area (Å²) in [6.07, 6.45) is 1.77. The van der Waals surface area contributed by atoms with Crippen LogP contribution in [-0.4, -0.2) is 21.3 Å². The molecule has 2 aromatic rings. The second kappa shape index (κ2) is 5.39. The van der Waals surface area contributed by atoms with Crippen molar-refractivity contribution in [1.82, 2.24) is 9.97 Å². The van der Waals surface area contributed by atoms with Gasteiger partial charge >= 0.3 is 0 Å². The number of benzene rings is 1. The number of nitriles is 1. The largest absolute Gasteiger partial charge is 0.507 e. The minimum absolute atomic E-state index is 0.0177. The minimum atomic E-state index is -0.499. The summed E-state index contributed by atoms with van der Waals surface area (Å²) in [6.45, 7) is 3.67. The van der Waals surface area contributed by atoms with Crippen molar-refractivity contribution in [2.24, 2.45) is 0 Å². The number of aromatic hydroxyl groups is 1. The van der Waals surface area contributed by atoms with Gasteiger partial charge in [-0.05, 0) is 37.3 Å². The van der Waals surface area contributed by atoms with Crippen LogP contribution in [-0.2, 0) is 0 Å². The van der Waals surface area contributed by atoms with Crippen molar-refractivity contribution in [3.05, 3.63) is 39.2 Å². The Morgan fingerprint density at radius 3 is 2.65 bits per heavy atom. The lowest BCUT2D eigenvalue weighted by Gasteiger charge is -2.11. The Kier molecular flexibility index (Phi) is 3.81. The van der Waals surface area contributed by atoms with Crippen molar-refractivity contribution in [3.8, 4) is 23.1 Å². The number of thioether (sulfide) groups is 1. The number of hydrogen-bond acceptors (Lipinski definition) is 5. The molecule has 5 nitrogen and oxygen atoms in total. The third-order valence-electron chi connectivity index (χ3n) is 2.90. The van der Waals surface area contributed by atoms with Gasteiger partial charge in [-0.25, -0.2) is 4.98 Å². The van der Waals surface area contributed by atoms with Crippen LogP contribution in [0.3, 0.4) is 0 Å². The van der Waals surface area contributed by atoms with E-state index in [0.717, 1.165) is 11.1 Å². The number of nitrogens with zero attached hydrogens (tertiary/aromatic N) is 2. The molecule has 0 radical (unpaired) electrons. The summed E-state index contributed by atoms with van der Waals surface area (Å²) in [7, 11) is 0. The van der Waals surface area contributed by atoms with Gasteiger partial charge < -0.3 is 10.1 Å². The van der Waals surface area contributed by atoms with E-state index in [-0.39, 0.29) is 17.0 Å². The highest BCUT2D eigenvalue weighted by atomic mass is 32.2. The van der Waals surface area contributed by atoms with E-state index in [1.807, 2.05) is 26.0 Å². The van der Waals surface area contributed by atoms with Crippen LogP contribution in [0.25, 0.3) is 11.3 Å². The quantitative estimate of drug-likeness (QED) is 0.653. The summed E-state index contributed by atoms with van der Waals surface area (Å²) in [4.78, 5) is 18.7. The number of nitrogens with one attached hydrogen (secondary N) is 1. The Morgan fingerprint density at radius 2 is 2.10 bits per heavy atom. The molecule has 0 aliphatic carbocycles. The van der Waals surface area contributed by atoms with E-state index in [0.29, 0.717) is 10.7 Å². The highest BCUT2D eigenvalue weighted by Crippen LogP contribution is 2.33. The van der Waals surface area contributed by atoms with Crippen molar-refractivity contribution < 1.29 is 5.11 Å². The normalized spacial score (nSPS) is 10.3. The Balaban J connectivity index is 2.86. The fraction of sp³-hybridized carbons (Fsp3) is 0.214. The number of aromatic amines is 1. The van der Waals surface area contributed by atoms with Gasteiger partial charge in [-0.3, -0.25) is 4.79 Å². The van der Waals surface area contributed by atoms with Crippen LogP contribution in [0.15, 0.2) is 22.1 Å². The molecule has 0 unspecified atom stereocenters. The van der Waals surface area contributed by atoms with E-state index in [1.54, 1.807) is 12.3 Å². The Labute approximate surface area is 120 Å². The van der Waals surface area contributed by atoms with Gasteiger partial charge in [-0.15, -0.1) is 0 Å². The van der Waals surface area contributed by atoms with Gasteiger partial charge in [-0.1, -0.05) is 17.8 Å². The maximum atomic E-state index is 11.9. The van der Waals surface area contributed by atoms with Gasteiger partial charge in [0, 0.05) is 5.56 Å². The van der Waals surface area contributed by atoms with Crippen LogP contribution in [0.2, 0.25) is 0 Å². The number of rotatable bonds is 2. The zero-order valence-corrected chi connectivity index (χ0v) is 12.1. The lowest BCUT2D eigenvalue weighted by molar-refractivity contribution is 0.476. The third-order valence-corrected chi connectivity index (χ3v) is 3.48. The monoisotopic (exact) mass is 287 g/mol. The molecule has 1 aromatic carbocycles. The highest BCUT2D eigenvalue weighted by molar-refractivity contribution is 7.98. The summed E-state index contributed by atoms with van der Waals surface area (Å²) >= 11 is 1.27.